The van der Waals surface area contributed by atoms with E-state index in [1.54, 1.807) is 0 Å². The summed E-state index contributed by atoms with van der Waals surface area (Å²) in [6.07, 6.45) is 7.13. The molecule has 19 heavy (non-hydrogen) atoms. The lowest BCUT2D eigenvalue weighted by Crippen LogP contribution is -1.92. The normalized spacial score (nSPS) is 10.2. The molecule has 2 aromatic rings. The number of hydrogen-bond donors (Lipinski definition) is 0. The highest BCUT2D eigenvalue weighted by Crippen LogP contribution is 2.24. The summed E-state index contributed by atoms with van der Waals surface area (Å²) in [5.74, 6) is 0.620. The molecule has 0 aliphatic carbocycles. The van der Waals surface area contributed by atoms with E-state index in [9.17, 15) is 8.78 Å². The lowest BCUT2D eigenvalue weighted by Gasteiger charge is -2.06. The van der Waals surface area contributed by atoms with Gasteiger partial charge in [-0.15, -0.1) is 6.42 Å². The number of halogens is 2. The lowest BCUT2D eigenvalue weighted by atomic mass is 10.0. The van der Waals surface area contributed by atoms with Crippen LogP contribution in [0.4, 0.5) is 8.78 Å². The Balaban J connectivity index is 2.40. The molecule has 96 valence electrons. The highest BCUT2D eigenvalue weighted by molar-refractivity contribution is 5.65. The topological polar surface area (TPSA) is 0 Å². The van der Waals surface area contributed by atoms with Crippen molar-refractivity contribution in [1.29, 1.82) is 0 Å². The fourth-order valence-corrected chi connectivity index (χ4v) is 2.03. The largest absolute Gasteiger partial charge is 0.205 e. The minimum absolute atomic E-state index is 0.314. The molecule has 0 bridgehead atoms. The quantitative estimate of drug-likeness (QED) is 0.706. The summed E-state index contributed by atoms with van der Waals surface area (Å²) in [6.45, 7) is 2.11. The van der Waals surface area contributed by atoms with Gasteiger partial charge in [0.05, 0.1) is 5.56 Å². The average molecular weight is 256 g/mol. The maximum atomic E-state index is 13.6. The van der Waals surface area contributed by atoms with Crippen LogP contribution in [0.25, 0.3) is 11.1 Å². The van der Waals surface area contributed by atoms with Crippen molar-refractivity contribution in [2.24, 2.45) is 0 Å². The summed E-state index contributed by atoms with van der Waals surface area (Å²) in [5.41, 5.74) is 2.18. The van der Waals surface area contributed by atoms with Gasteiger partial charge in [-0.1, -0.05) is 43.5 Å². The van der Waals surface area contributed by atoms with E-state index in [0.717, 1.165) is 18.4 Å². The van der Waals surface area contributed by atoms with Gasteiger partial charge in [-0.3, -0.25) is 0 Å². The van der Waals surface area contributed by atoms with E-state index in [0.29, 0.717) is 5.56 Å². The number of rotatable bonds is 3. The van der Waals surface area contributed by atoms with Crippen molar-refractivity contribution in [3.63, 3.8) is 0 Å². The fraction of sp³-hybridized carbons (Fsp3) is 0.176. The number of terminal acetylenes is 1. The average Bonchev–Trinajstić information content (AvgIpc) is 2.39. The molecule has 0 aromatic heterocycles. The highest BCUT2D eigenvalue weighted by Gasteiger charge is 2.10. The van der Waals surface area contributed by atoms with Crippen molar-refractivity contribution in [3.05, 3.63) is 59.2 Å². The van der Waals surface area contributed by atoms with Crippen LogP contribution in [0.3, 0.4) is 0 Å². The first-order chi connectivity index (χ1) is 9.15. The van der Waals surface area contributed by atoms with Crippen LogP contribution in [0.2, 0.25) is 0 Å². The summed E-state index contributed by atoms with van der Waals surface area (Å²) in [6, 6.07) is 10.2. The molecular formula is C17H14F2. The van der Waals surface area contributed by atoms with E-state index in [1.165, 1.54) is 17.7 Å². The molecule has 0 amide bonds. The van der Waals surface area contributed by atoms with Crippen LogP contribution >= 0.6 is 0 Å². The SMILES string of the molecule is C#Cc1c(F)cc(-c2ccc(CCC)cc2)cc1F. The molecule has 2 heteroatoms. The van der Waals surface area contributed by atoms with Crippen molar-refractivity contribution in [2.75, 3.05) is 0 Å². The Morgan fingerprint density at radius 1 is 1.00 bits per heavy atom. The first-order valence-electron chi connectivity index (χ1n) is 6.20. The standard InChI is InChI=1S/C17H14F2/c1-3-5-12-6-8-13(9-7-12)14-10-16(18)15(4-2)17(19)11-14/h2,6-11H,3,5H2,1H3. The predicted molar refractivity (Wildman–Crippen MR) is 73.7 cm³/mol. The van der Waals surface area contributed by atoms with Crippen LogP contribution in [0.15, 0.2) is 36.4 Å². The van der Waals surface area contributed by atoms with Gasteiger partial charge in [-0.25, -0.2) is 8.78 Å². The van der Waals surface area contributed by atoms with Crippen molar-refractivity contribution in [3.8, 4) is 23.5 Å². The molecule has 0 N–H and O–H groups in total. The Bertz CT molecular complexity index is 596. The van der Waals surface area contributed by atoms with Crippen molar-refractivity contribution in [1.82, 2.24) is 0 Å². The molecule has 0 aliphatic heterocycles. The first-order valence-corrected chi connectivity index (χ1v) is 6.20. The summed E-state index contributed by atoms with van der Waals surface area (Å²) in [4.78, 5) is 0. The molecule has 0 unspecified atom stereocenters. The van der Waals surface area contributed by atoms with E-state index in [2.05, 4.69) is 6.92 Å². The van der Waals surface area contributed by atoms with Gasteiger partial charge in [0, 0.05) is 0 Å². The third kappa shape index (κ3) is 2.82. The summed E-state index contributed by atoms with van der Waals surface area (Å²) < 4.78 is 27.2. The van der Waals surface area contributed by atoms with E-state index >= 15 is 0 Å². The second-order valence-corrected chi connectivity index (χ2v) is 4.41. The molecular weight excluding hydrogens is 242 g/mol. The highest BCUT2D eigenvalue weighted by atomic mass is 19.1. The van der Waals surface area contributed by atoms with Gasteiger partial charge in [0.2, 0.25) is 0 Å². The van der Waals surface area contributed by atoms with Crippen LogP contribution < -0.4 is 0 Å². The van der Waals surface area contributed by atoms with Gasteiger partial charge in [0.1, 0.15) is 11.6 Å². The summed E-state index contributed by atoms with van der Waals surface area (Å²) in [7, 11) is 0. The number of hydrogen-bond acceptors (Lipinski definition) is 0. The van der Waals surface area contributed by atoms with Crippen LogP contribution in [-0.2, 0) is 6.42 Å². The monoisotopic (exact) mass is 256 g/mol. The fourth-order valence-electron chi connectivity index (χ4n) is 2.03. The maximum Gasteiger partial charge on any atom is 0.142 e. The zero-order valence-electron chi connectivity index (χ0n) is 10.7. The Morgan fingerprint density at radius 3 is 2.05 bits per heavy atom. The molecule has 0 saturated heterocycles. The van der Waals surface area contributed by atoms with Crippen molar-refractivity contribution in [2.45, 2.75) is 19.8 Å². The minimum atomic E-state index is -0.699. The van der Waals surface area contributed by atoms with Crippen molar-refractivity contribution < 1.29 is 8.78 Å². The number of aryl methyl sites for hydroxylation is 1. The van der Waals surface area contributed by atoms with Crippen LogP contribution in [-0.4, -0.2) is 0 Å². The van der Waals surface area contributed by atoms with Crippen LogP contribution in [0.1, 0.15) is 24.5 Å². The minimum Gasteiger partial charge on any atom is -0.205 e. The smallest absolute Gasteiger partial charge is 0.142 e. The van der Waals surface area contributed by atoms with Crippen LogP contribution in [0.5, 0.6) is 0 Å². The van der Waals surface area contributed by atoms with Crippen molar-refractivity contribution >= 4 is 0 Å². The summed E-state index contributed by atoms with van der Waals surface area (Å²) in [5, 5.41) is 0. The van der Waals surface area contributed by atoms with Gasteiger partial charge in [0.15, 0.2) is 0 Å². The Kier molecular flexibility index (Phi) is 3.97. The molecule has 2 aromatic carbocycles. The van der Waals surface area contributed by atoms with E-state index < -0.39 is 11.6 Å². The van der Waals surface area contributed by atoms with Crippen LogP contribution in [0, 0.1) is 24.0 Å². The van der Waals surface area contributed by atoms with Gasteiger partial charge in [0.25, 0.3) is 0 Å². The molecule has 0 nitrogen and oxygen atoms in total. The third-order valence-electron chi connectivity index (χ3n) is 3.01. The maximum absolute atomic E-state index is 13.6. The van der Waals surface area contributed by atoms with E-state index in [4.69, 9.17) is 6.42 Å². The Hall–Kier alpha value is -2.14. The molecule has 0 spiro atoms. The van der Waals surface area contributed by atoms with E-state index in [-0.39, 0.29) is 5.56 Å². The summed E-state index contributed by atoms with van der Waals surface area (Å²) >= 11 is 0. The zero-order chi connectivity index (χ0) is 13.8. The lowest BCUT2D eigenvalue weighted by molar-refractivity contribution is 0.578. The van der Waals surface area contributed by atoms with Gasteiger partial charge >= 0.3 is 0 Å². The van der Waals surface area contributed by atoms with E-state index in [1.807, 2.05) is 30.2 Å². The first kappa shape index (κ1) is 13.3. The second-order valence-electron chi connectivity index (χ2n) is 4.41. The Morgan fingerprint density at radius 2 is 1.58 bits per heavy atom. The number of benzene rings is 2. The third-order valence-corrected chi connectivity index (χ3v) is 3.01. The molecule has 0 heterocycles. The molecule has 0 saturated carbocycles. The molecule has 0 aliphatic rings. The predicted octanol–water partition coefficient (Wildman–Crippen LogP) is 4.57. The van der Waals surface area contributed by atoms with Gasteiger partial charge < -0.3 is 0 Å². The molecule has 0 atom stereocenters. The molecule has 0 fully saturated rings. The Labute approximate surface area is 112 Å². The zero-order valence-corrected chi connectivity index (χ0v) is 10.7. The molecule has 0 radical (unpaired) electrons. The van der Waals surface area contributed by atoms with Gasteiger partial charge in [-0.05, 0) is 35.2 Å². The van der Waals surface area contributed by atoms with Gasteiger partial charge in [-0.2, -0.15) is 0 Å². The molecule has 2 rings (SSSR count). The second kappa shape index (κ2) is 5.67.